The Morgan fingerprint density at radius 2 is 2.00 bits per heavy atom. The monoisotopic (exact) mass is 320 g/mol. The number of Topliss-reactive ketones (excluding diaryl/α,β-unsaturated/α-hetero) is 1. The molecular weight excluding hydrogens is 288 g/mol. The normalized spacial score (nSPS) is 35.7. The lowest BCUT2D eigenvalue weighted by molar-refractivity contribution is -0.137. The van der Waals surface area contributed by atoms with E-state index in [0.717, 1.165) is 18.4 Å². The van der Waals surface area contributed by atoms with Gasteiger partial charge >= 0.3 is 0 Å². The first kappa shape index (κ1) is 18.4. The minimum atomic E-state index is -0.890. The summed E-state index contributed by atoms with van der Waals surface area (Å²) in [4.78, 5) is 24.0. The maximum Gasteiger partial charge on any atom is 0.156 e. The van der Waals surface area contributed by atoms with Crippen LogP contribution < -0.4 is 0 Å². The lowest BCUT2D eigenvalue weighted by Gasteiger charge is -2.54. The van der Waals surface area contributed by atoms with Crippen molar-refractivity contribution in [3.63, 3.8) is 0 Å². The lowest BCUT2D eigenvalue weighted by atomic mass is 9.53. The molecule has 0 heterocycles. The van der Waals surface area contributed by atoms with E-state index in [4.69, 9.17) is 0 Å². The fourth-order valence-corrected chi connectivity index (χ4v) is 4.66. The second-order valence-corrected chi connectivity index (χ2v) is 8.71. The van der Waals surface area contributed by atoms with E-state index in [1.807, 2.05) is 13.8 Å². The molecule has 130 valence electrons. The fourth-order valence-electron chi connectivity index (χ4n) is 4.66. The third kappa shape index (κ3) is 3.60. The van der Waals surface area contributed by atoms with Crippen LogP contribution in [0, 0.1) is 23.2 Å². The van der Waals surface area contributed by atoms with Gasteiger partial charge in [-0.15, -0.1) is 0 Å². The topological polar surface area (TPSA) is 54.4 Å². The molecule has 0 amide bonds. The van der Waals surface area contributed by atoms with E-state index in [-0.39, 0.29) is 11.2 Å². The summed E-state index contributed by atoms with van der Waals surface area (Å²) < 4.78 is 0. The highest BCUT2D eigenvalue weighted by molar-refractivity contribution is 5.92. The first-order valence-corrected chi connectivity index (χ1v) is 9.03. The number of hydrogen-bond acceptors (Lipinski definition) is 3. The van der Waals surface area contributed by atoms with Gasteiger partial charge in [-0.05, 0) is 55.6 Å². The first-order valence-electron chi connectivity index (χ1n) is 9.03. The van der Waals surface area contributed by atoms with E-state index in [9.17, 15) is 14.7 Å². The summed E-state index contributed by atoms with van der Waals surface area (Å²) in [6, 6.07) is 0. The highest BCUT2D eigenvalue weighted by atomic mass is 16.3. The van der Waals surface area contributed by atoms with Crippen LogP contribution in [-0.4, -0.2) is 22.3 Å². The quantitative estimate of drug-likeness (QED) is 0.830. The van der Waals surface area contributed by atoms with Crippen molar-refractivity contribution in [3.8, 4) is 0 Å². The second kappa shape index (κ2) is 6.51. The van der Waals surface area contributed by atoms with Gasteiger partial charge < -0.3 is 5.11 Å². The molecule has 3 nitrogen and oxygen atoms in total. The molecule has 0 radical (unpaired) electrons. The molecule has 3 heteroatoms. The van der Waals surface area contributed by atoms with Gasteiger partial charge in [0.2, 0.25) is 0 Å². The molecule has 1 fully saturated rings. The Balaban J connectivity index is 2.10. The number of hydrogen-bond donors (Lipinski definition) is 1. The molecular formula is C20H32O3. The smallest absolute Gasteiger partial charge is 0.156 e. The molecule has 2 aliphatic rings. The fraction of sp³-hybridized carbons (Fsp3) is 0.800. The Morgan fingerprint density at radius 3 is 2.61 bits per heavy atom. The predicted octanol–water partition coefficient (Wildman–Crippen LogP) is 4.08. The highest BCUT2D eigenvalue weighted by Gasteiger charge is 2.55. The number of fused-ring (bicyclic) bond motifs is 1. The standard InChI is InChI=1S/C20H32O3/c1-13(2)8-17(21)9-14(3)16-6-7-19(5)12-18(22)10-15(4)20(19,23)11-16/h10,13-14,16,23H,6-9,11-12H2,1-5H3/t14-,16+,19-,20+/m1/s1. The minimum Gasteiger partial charge on any atom is -0.385 e. The van der Waals surface area contributed by atoms with Crippen LogP contribution in [0.2, 0.25) is 0 Å². The van der Waals surface area contributed by atoms with Gasteiger partial charge in [-0.2, -0.15) is 0 Å². The molecule has 2 rings (SSSR count). The van der Waals surface area contributed by atoms with Crippen molar-refractivity contribution in [2.45, 2.75) is 78.7 Å². The average Bonchev–Trinajstić information content (AvgIpc) is 2.39. The molecule has 1 saturated carbocycles. The van der Waals surface area contributed by atoms with E-state index in [0.29, 0.717) is 49.2 Å². The van der Waals surface area contributed by atoms with Crippen LogP contribution in [0.5, 0.6) is 0 Å². The summed E-state index contributed by atoms with van der Waals surface area (Å²) in [5.41, 5.74) is -0.429. The van der Waals surface area contributed by atoms with Gasteiger partial charge in [-0.3, -0.25) is 9.59 Å². The van der Waals surface area contributed by atoms with Crippen LogP contribution in [0.25, 0.3) is 0 Å². The number of allylic oxidation sites excluding steroid dienone is 1. The van der Waals surface area contributed by atoms with E-state index >= 15 is 0 Å². The third-order valence-corrected chi connectivity index (χ3v) is 6.21. The molecule has 0 saturated heterocycles. The van der Waals surface area contributed by atoms with Crippen LogP contribution in [0.3, 0.4) is 0 Å². The zero-order valence-corrected chi connectivity index (χ0v) is 15.3. The van der Waals surface area contributed by atoms with Crippen LogP contribution in [0.15, 0.2) is 11.6 Å². The lowest BCUT2D eigenvalue weighted by Crippen LogP contribution is -2.55. The van der Waals surface area contributed by atoms with E-state index < -0.39 is 5.60 Å². The van der Waals surface area contributed by atoms with Crippen molar-refractivity contribution in [2.75, 3.05) is 0 Å². The van der Waals surface area contributed by atoms with Crippen molar-refractivity contribution in [3.05, 3.63) is 11.6 Å². The number of rotatable bonds is 5. The van der Waals surface area contributed by atoms with E-state index in [1.54, 1.807) is 6.08 Å². The zero-order valence-electron chi connectivity index (χ0n) is 15.3. The Kier molecular flexibility index (Phi) is 5.20. The Labute approximate surface area is 140 Å². The molecule has 2 aliphatic carbocycles. The molecule has 1 N–H and O–H groups in total. The molecule has 0 unspecified atom stereocenters. The van der Waals surface area contributed by atoms with Crippen molar-refractivity contribution in [2.24, 2.45) is 23.2 Å². The SMILES string of the molecule is CC1=CC(=O)C[C@@]2(C)CC[C@H]([C@H](C)CC(=O)CC(C)C)C[C@]12O. The summed E-state index contributed by atoms with van der Waals surface area (Å²) in [6.45, 7) is 10.2. The zero-order chi connectivity index (χ0) is 17.4. The van der Waals surface area contributed by atoms with Gasteiger partial charge in [0.1, 0.15) is 5.78 Å². The van der Waals surface area contributed by atoms with Crippen LogP contribution in [-0.2, 0) is 9.59 Å². The summed E-state index contributed by atoms with van der Waals surface area (Å²) in [6.07, 6.45) is 5.84. The van der Waals surface area contributed by atoms with Gasteiger partial charge in [0.15, 0.2) is 5.78 Å². The Morgan fingerprint density at radius 1 is 1.35 bits per heavy atom. The molecule has 0 aromatic heterocycles. The molecule has 0 aromatic carbocycles. The largest absolute Gasteiger partial charge is 0.385 e. The number of ketones is 2. The summed E-state index contributed by atoms with van der Waals surface area (Å²) in [7, 11) is 0. The van der Waals surface area contributed by atoms with Crippen LogP contribution in [0.4, 0.5) is 0 Å². The summed E-state index contributed by atoms with van der Waals surface area (Å²) >= 11 is 0. The number of aliphatic hydroxyl groups is 1. The van der Waals surface area contributed by atoms with Gasteiger partial charge in [-0.25, -0.2) is 0 Å². The highest BCUT2D eigenvalue weighted by Crippen LogP contribution is 2.55. The van der Waals surface area contributed by atoms with Crippen LogP contribution >= 0.6 is 0 Å². The summed E-state index contributed by atoms with van der Waals surface area (Å²) in [5, 5.41) is 11.3. The predicted molar refractivity (Wildman–Crippen MR) is 92.0 cm³/mol. The Hall–Kier alpha value is -0.960. The van der Waals surface area contributed by atoms with Crippen molar-refractivity contribution < 1.29 is 14.7 Å². The Bertz CT molecular complexity index is 519. The summed E-state index contributed by atoms with van der Waals surface area (Å²) in [5.74, 6) is 1.51. The van der Waals surface area contributed by atoms with E-state index in [1.165, 1.54) is 0 Å². The molecule has 0 aromatic rings. The average molecular weight is 320 g/mol. The van der Waals surface area contributed by atoms with Gasteiger partial charge in [-0.1, -0.05) is 27.7 Å². The van der Waals surface area contributed by atoms with Crippen LogP contribution in [0.1, 0.15) is 73.1 Å². The molecule has 0 aliphatic heterocycles. The van der Waals surface area contributed by atoms with Crippen molar-refractivity contribution in [1.82, 2.24) is 0 Å². The van der Waals surface area contributed by atoms with Gasteiger partial charge in [0, 0.05) is 24.7 Å². The molecule has 0 spiro atoms. The van der Waals surface area contributed by atoms with Gasteiger partial charge in [0.05, 0.1) is 5.60 Å². The maximum absolute atomic E-state index is 12.1. The van der Waals surface area contributed by atoms with Crippen molar-refractivity contribution >= 4 is 11.6 Å². The minimum absolute atomic E-state index is 0.133. The maximum atomic E-state index is 12.1. The first-order chi connectivity index (χ1) is 10.6. The molecule has 0 bridgehead atoms. The third-order valence-electron chi connectivity index (χ3n) is 6.21. The van der Waals surface area contributed by atoms with Crippen molar-refractivity contribution in [1.29, 1.82) is 0 Å². The van der Waals surface area contributed by atoms with E-state index in [2.05, 4.69) is 20.8 Å². The second-order valence-electron chi connectivity index (χ2n) is 8.71. The van der Waals surface area contributed by atoms with Gasteiger partial charge in [0.25, 0.3) is 0 Å². The molecule has 4 atom stereocenters. The number of carbonyl (C=O) groups is 2. The number of carbonyl (C=O) groups excluding carboxylic acids is 2. The molecule has 23 heavy (non-hydrogen) atoms.